The summed E-state index contributed by atoms with van der Waals surface area (Å²) in [6, 6.07) is 25.9. The molecule has 3 aromatic rings. The van der Waals surface area contributed by atoms with Crippen LogP contribution in [-0.4, -0.2) is 10.2 Å². The normalized spacial score (nSPS) is 12.0. The third-order valence-electron chi connectivity index (χ3n) is 3.50. The Bertz CT molecular complexity index is 722. The van der Waals surface area contributed by atoms with Crippen molar-refractivity contribution in [2.75, 3.05) is 0 Å². The lowest BCUT2D eigenvalue weighted by molar-refractivity contribution is 0.282. The second-order valence-electron chi connectivity index (χ2n) is 5.01. The van der Waals surface area contributed by atoms with Crippen LogP contribution < -0.4 is 15.9 Å². The smallest absolute Gasteiger partial charge is 0.115 e. The maximum Gasteiger partial charge on any atom is 0.115 e. The van der Waals surface area contributed by atoms with Crippen LogP contribution in [0.1, 0.15) is 5.56 Å². The molecule has 0 saturated carbocycles. The monoisotopic (exact) mass is 308 g/mol. The molecule has 3 aromatic carbocycles. The molecular weight excluding hydrogens is 291 g/mol. The van der Waals surface area contributed by atoms with Crippen LogP contribution in [-0.2, 0) is 6.61 Å². The second kappa shape index (κ2) is 6.74. The number of phenolic OH excluding ortho intramolecular Hbond substituents is 1. The highest BCUT2D eigenvalue weighted by molar-refractivity contribution is 7.79. The molecule has 0 aliphatic carbocycles. The summed E-state index contributed by atoms with van der Waals surface area (Å²) >= 11 is 0. The minimum absolute atomic E-state index is 0.0583. The number of phenols is 1. The molecule has 22 heavy (non-hydrogen) atoms. The van der Waals surface area contributed by atoms with E-state index >= 15 is 0 Å². The van der Waals surface area contributed by atoms with Crippen molar-refractivity contribution in [3.8, 4) is 5.75 Å². The van der Waals surface area contributed by atoms with E-state index in [-0.39, 0.29) is 12.4 Å². The van der Waals surface area contributed by atoms with Gasteiger partial charge in [-0.2, -0.15) is 0 Å². The molecule has 0 heterocycles. The van der Waals surface area contributed by atoms with Gasteiger partial charge < -0.3 is 10.2 Å². The maximum absolute atomic E-state index is 9.53. The highest BCUT2D eigenvalue weighted by atomic mass is 31.1. The molecule has 2 N–H and O–H groups in total. The highest BCUT2D eigenvalue weighted by Crippen LogP contribution is 2.33. The largest absolute Gasteiger partial charge is 0.508 e. The summed E-state index contributed by atoms with van der Waals surface area (Å²) in [6.07, 6.45) is 0. The lowest BCUT2D eigenvalue weighted by atomic mass is 10.2. The van der Waals surface area contributed by atoms with E-state index in [9.17, 15) is 10.2 Å². The molecule has 3 rings (SSSR count). The zero-order valence-corrected chi connectivity index (χ0v) is 12.9. The standard InChI is InChI=1S/C19H17O2P/c20-14-15-6-10-18(11-7-15)22(17-4-2-1-3-5-17)19-12-8-16(21)9-13-19/h1-13,20-21H,14H2. The molecule has 0 bridgehead atoms. The van der Waals surface area contributed by atoms with Crippen molar-refractivity contribution in [1.29, 1.82) is 0 Å². The number of benzene rings is 3. The third-order valence-corrected chi connectivity index (χ3v) is 5.94. The summed E-state index contributed by atoms with van der Waals surface area (Å²) in [7, 11) is -0.669. The summed E-state index contributed by atoms with van der Waals surface area (Å²) in [6.45, 7) is 0.0583. The topological polar surface area (TPSA) is 40.5 Å². The summed E-state index contributed by atoms with van der Waals surface area (Å²) < 4.78 is 0. The van der Waals surface area contributed by atoms with Gasteiger partial charge in [-0.3, -0.25) is 0 Å². The quantitative estimate of drug-likeness (QED) is 0.728. The van der Waals surface area contributed by atoms with Crippen LogP contribution >= 0.6 is 7.92 Å². The minimum atomic E-state index is -0.669. The van der Waals surface area contributed by atoms with E-state index < -0.39 is 7.92 Å². The van der Waals surface area contributed by atoms with Crippen LogP contribution in [0.4, 0.5) is 0 Å². The van der Waals surface area contributed by atoms with Crippen molar-refractivity contribution in [3.05, 3.63) is 84.4 Å². The van der Waals surface area contributed by atoms with Gasteiger partial charge in [0.2, 0.25) is 0 Å². The molecule has 2 nitrogen and oxygen atoms in total. The second-order valence-corrected chi connectivity index (χ2v) is 7.23. The van der Waals surface area contributed by atoms with Gasteiger partial charge in [0.25, 0.3) is 0 Å². The fourth-order valence-corrected chi connectivity index (χ4v) is 4.64. The molecule has 0 saturated heterocycles. The Labute approximate surface area is 131 Å². The zero-order valence-electron chi connectivity index (χ0n) is 12.1. The van der Waals surface area contributed by atoms with E-state index in [2.05, 4.69) is 24.3 Å². The zero-order chi connectivity index (χ0) is 15.4. The molecule has 0 aliphatic heterocycles. The summed E-state index contributed by atoms with van der Waals surface area (Å²) in [5.74, 6) is 0.280. The minimum Gasteiger partial charge on any atom is -0.508 e. The van der Waals surface area contributed by atoms with E-state index in [4.69, 9.17) is 0 Å². The van der Waals surface area contributed by atoms with Crippen molar-refractivity contribution in [3.63, 3.8) is 0 Å². The van der Waals surface area contributed by atoms with Gasteiger partial charge in [0.15, 0.2) is 0 Å². The fourth-order valence-electron chi connectivity index (χ4n) is 2.38. The number of aliphatic hydroxyl groups is 1. The lowest BCUT2D eigenvalue weighted by Crippen LogP contribution is -2.20. The van der Waals surface area contributed by atoms with Crippen LogP contribution in [0, 0.1) is 0 Å². The lowest BCUT2D eigenvalue weighted by Gasteiger charge is -2.19. The summed E-state index contributed by atoms with van der Waals surface area (Å²) in [5.41, 5.74) is 0.914. The Morgan fingerprint density at radius 1 is 0.636 bits per heavy atom. The first-order valence-electron chi connectivity index (χ1n) is 7.12. The van der Waals surface area contributed by atoms with Gasteiger partial charge in [-0.15, -0.1) is 0 Å². The first kappa shape index (κ1) is 14.8. The highest BCUT2D eigenvalue weighted by Gasteiger charge is 2.16. The van der Waals surface area contributed by atoms with E-state index in [0.717, 1.165) is 5.56 Å². The number of hydrogen-bond donors (Lipinski definition) is 2. The van der Waals surface area contributed by atoms with Crippen LogP contribution in [0.3, 0.4) is 0 Å². The Morgan fingerprint density at radius 2 is 1.14 bits per heavy atom. The first-order chi connectivity index (χ1) is 10.8. The fraction of sp³-hybridized carbons (Fsp3) is 0.0526. The Morgan fingerprint density at radius 3 is 1.68 bits per heavy atom. The number of rotatable bonds is 4. The van der Waals surface area contributed by atoms with E-state index in [1.165, 1.54) is 15.9 Å². The predicted octanol–water partition coefficient (Wildman–Crippen LogP) is 2.64. The average molecular weight is 308 g/mol. The summed E-state index contributed by atoms with van der Waals surface area (Å²) in [5, 5.41) is 22.4. The average Bonchev–Trinajstić information content (AvgIpc) is 2.58. The Hall–Kier alpha value is -2.15. The van der Waals surface area contributed by atoms with Crippen molar-refractivity contribution in [2.24, 2.45) is 0 Å². The van der Waals surface area contributed by atoms with Crippen LogP contribution in [0.5, 0.6) is 5.75 Å². The van der Waals surface area contributed by atoms with E-state index in [0.29, 0.717) is 0 Å². The Kier molecular flexibility index (Phi) is 4.53. The first-order valence-corrected chi connectivity index (χ1v) is 8.46. The molecule has 110 valence electrons. The van der Waals surface area contributed by atoms with Crippen molar-refractivity contribution >= 4 is 23.8 Å². The predicted molar refractivity (Wildman–Crippen MR) is 92.7 cm³/mol. The van der Waals surface area contributed by atoms with Gasteiger partial charge in [0.1, 0.15) is 5.75 Å². The molecular formula is C19H17O2P. The van der Waals surface area contributed by atoms with Crippen molar-refractivity contribution in [1.82, 2.24) is 0 Å². The van der Waals surface area contributed by atoms with Crippen molar-refractivity contribution in [2.45, 2.75) is 6.61 Å². The number of hydrogen-bond acceptors (Lipinski definition) is 2. The van der Waals surface area contributed by atoms with Gasteiger partial charge in [0, 0.05) is 0 Å². The molecule has 0 aromatic heterocycles. The molecule has 3 heteroatoms. The Balaban J connectivity index is 2.07. The van der Waals surface area contributed by atoms with Crippen LogP contribution in [0.2, 0.25) is 0 Å². The number of aliphatic hydroxyl groups excluding tert-OH is 1. The van der Waals surface area contributed by atoms with Gasteiger partial charge in [0.05, 0.1) is 6.61 Å². The molecule has 0 amide bonds. The SMILES string of the molecule is OCc1ccc(P(c2ccccc2)c2ccc(O)cc2)cc1. The summed E-state index contributed by atoms with van der Waals surface area (Å²) in [4.78, 5) is 0. The van der Waals surface area contributed by atoms with Gasteiger partial charge in [-0.1, -0.05) is 66.7 Å². The molecule has 0 aliphatic rings. The molecule has 1 atom stereocenters. The van der Waals surface area contributed by atoms with Gasteiger partial charge in [-0.05, 0) is 41.5 Å². The molecule has 0 spiro atoms. The maximum atomic E-state index is 9.53. The molecule has 0 fully saturated rings. The van der Waals surface area contributed by atoms with Crippen LogP contribution in [0.25, 0.3) is 0 Å². The molecule has 0 radical (unpaired) electrons. The van der Waals surface area contributed by atoms with Crippen molar-refractivity contribution < 1.29 is 10.2 Å². The van der Waals surface area contributed by atoms with Gasteiger partial charge in [-0.25, -0.2) is 0 Å². The van der Waals surface area contributed by atoms with E-state index in [1.54, 1.807) is 12.1 Å². The third kappa shape index (κ3) is 3.19. The van der Waals surface area contributed by atoms with Gasteiger partial charge >= 0.3 is 0 Å². The van der Waals surface area contributed by atoms with Crippen LogP contribution in [0.15, 0.2) is 78.9 Å². The number of aromatic hydroxyl groups is 1. The molecule has 1 unspecified atom stereocenters. The van der Waals surface area contributed by atoms with E-state index in [1.807, 2.05) is 42.5 Å².